The van der Waals surface area contributed by atoms with Crippen molar-refractivity contribution in [3.8, 4) is 0 Å². The van der Waals surface area contributed by atoms with Gasteiger partial charge in [0.15, 0.2) is 5.58 Å². The molecule has 1 saturated heterocycles. The van der Waals surface area contributed by atoms with Crippen LogP contribution in [-0.4, -0.2) is 31.1 Å². The Balaban J connectivity index is 1.88. The zero-order valence-electron chi connectivity index (χ0n) is 11.0. The third kappa shape index (κ3) is 1.84. The van der Waals surface area contributed by atoms with Crippen LogP contribution in [0.4, 0.5) is 0 Å². The van der Waals surface area contributed by atoms with Gasteiger partial charge in [-0.15, -0.1) is 0 Å². The molecule has 2 aromatic heterocycles. The van der Waals surface area contributed by atoms with E-state index in [1.807, 2.05) is 12.1 Å². The molecular weight excluding hydrogens is 276 g/mol. The predicted octanol–water partition coefficient (Wildman–Crippen LogP) is 3.24. The highest BCUT2D eigenvalue weighted by molar-refractivity contribution is 6.40. The van der Waals surface area contributed by atoms with Gasteiger partial charge in [-0.2, -0.15) is 0 Å². The molecule has 4 nitrogen and oxygen atoms in total. The largest absolute Gasteiger partial charge is 0.464 e. The Morgan fingerprint density at radius 3 is 2.55 bits per heavy atom. The number of benzene rings is 1. The van der Waals surface area contributed by atoms with Crippen LogP contribution in [-0.2, 0) is 6.54 Å². The van der Waals surface area contributed by atoms with E-state index in [1.165, 1.54) is 5.56 Å². The van der Waals surface area contributed by atoms with Crippen LogP contribution in [0.15, 0.2) is 33.5 Å². The van der Waals surface area contributed by atoms with E-state index in [2.05, 4.69) is 10.2 Å². The Morgan fingerprint density at radius 2 is 1.75 bits per heavy atom. The topological polar surface area (TPSA) is 41.6 Å². The smallest absolute Gasteiger partial charge is 0.153 e. The zero-order chi connectivity index (χ0) is 13.5. The molecule has 0 bridgehead atoms. The van der Waals surface area contributed by atoms with E-state index in [9.17, 15) is 0 Å². The molecule has 3 aromatic rings. The summed E-state index contributed by atoms with van der Waals surface area (Å²) in [5.74, 6) is 0. The summed E-state index contributed by atoms with van der Waals surface area (Å²) in [5.41, 5.74) is 2.80. The average molecular weight is 291 g/mol. The van der Waals surface area contributed by atoms with Gasteiger partial charge in [0, 0.05) is 49.1 Å². The molecule has 1 aromatic carbocycles. The third-order valence-electron chi connectivity index (χ3n) is 3.96. The summed E-state index contributed by atoms with van der Waals surface area (Å²) in [6.07, 6.45) is 3.38. The van der Waals surface area contributed by atoms with Crippen LogP contribution >= 0.6 is 11.6 Å². The van der Waals surface area contributed by atoms with E-state index in [0.717, 1.165) is 54.7 Å². The lowest BCUT2D eigenvalue weighted by molar-refractivity contribution is 0.234. The van der Waals surface area contributed by atoms with Crippen LogP contribution < -0.4 is 5.32 Å². The minimum absolute atomic E-state index is 0.637. The molecule has 3 heterocycles. The second-order valence-corrected chi connectivity index (χ2v) is 5.52. The Hall–Kier alpha value is -1.49. The molecule has 104 valence electrons. The number of nitrogens with zero attached hydrogens (tertiary/aromatic N) is 1. The van der Waals surface area contributed by atoms with E-state index in [-0.39, 0.29) is 0 Å². The molecule has 4 rings (SSSR count). The van der Waals surface area contributed by atoms with Gasteiger partial charge in [-0.3, -0.25) is 4.90 Å². The Labute approximate surface area is 121 Å². The highest BCUT2D eigenvalue weighted by atomic mass is 35.5. The van der Waals surface area contributed by atoms with Crippen molar-refractivity contribution < 1.29 is 8.83 Å². The third-order valence-corrected chi connectivity index (χ3v) is 4.33. The maximum atomic E-state index is 6.39. The van der Waals surface area contributed by atoms with Crippen LogP contribution in [0.1, 0.15) is 5.56 Å². The molecule has 1 aliphatic heterocycles. The van der Waals surface area contributed by atoms with Gasteiger partial charge in [-0.05, 0) is 12.1 Å². The van der Waals surface area contributed by atoms with Gasteiger partial charge in [0.25, 0.3) is 0 Å². The van der Waals surface area contributed by atoms with Crippen molar-refractivity contribution >= 4 is 33.5 Å². The van der Waals surface area contributed by atoms with E-state index in [0.29, 0.717) is 5.02 Å². The summed E-state index contributed by atoms with van der Waals surface area (Å²) in [7, 11) is 0. The molecule has 0 radical (unpaired) electrons. The van der Waals surface area contributed by atoms with Crippen molar-refractivity contribution in [3.63, 3.8) is 0 Å². The molecule has 20 heavy (non-hydrogen) atoms. The number of halogens is 1. The number of piperazine rings is 1. The van der Waals surface area contributed by atoms with Crippen molar-refractivity contribution in [1.29, 1.82) is 0 Å². The van der Waals surface area contributed by atoms with E-state index < -0.39 is 0 Å². The normalized spacial score (nSPS) is 17.2. The van der Waals surface area contributed by atoms with Gasteiger partial charge >= 0.3 is 0 Å². The molecule has 0 atom stereocenters. The first kappa shape index (κ1) is 12.3. The fourth-order valence-corrected chi connectivity index (χ4v) is 3.22. The fraction of sp³-hybridized carbons (Fsp3) is 0.333. The lowest BCUT2D eigenvalue weighted by Crippen LogP contribution is -2.42. The van der Waals surface area contributed by atoms with Crippen LogP contribution in [0, 0.1) is 0 Å². The highest BCUT2D eigenvalue weighted by Gasteiger charge is 2.20. The fourth-order valence-electron chi connectivity index (χ4n) is 2.93. The summed E-state index contributed by atoms with van der Waals surface area (Å²) >= 11 is 6.39. The Bertz CT molecular complexity index is 704. The number of nitrogens with one attached hydrogen (secondary N) is 1. The minimum Gasteiger partial charge on any atom is -0.464 e. The number of fused-ring (bicyclic) bond motifs is 2. The second kappa shape index (κ2) is 4.81. The van der Waals surface area contributed by atoms with Crippen LogP contribution in [0.5, 0.6) is 0 Å². The molecule has 5 heteroatoms. The van der Waals surface area contributed by atoms with Crippen LogP contribution in [0.3, 0.4) is 0 Å². The molecular formula is C15H15ClN2O2. The summed E-state index contributed by atoms with van der Waals surface area (Å²) < 4.78 is 11.2. The SMILES string of the molecule is Clc1c2ccoc2c(CN2CCNCC2)c2ccoc12. The monoisotopic (exact) mass is 290 g/mol. The molecule has 0 unspecified atom stereocenters. The van der Waals surface area contributed by atoms with Gasteiger partial charge in [-0.25, -0.2) is 0 Å². The van der Waals surface area contributed by atoms with E-state index in [4.69, 9.17) is 20.4 Å². The highest BCUT2D eigenvalue weighted by Crippen LogP contribution is 2.37. The van der Waals surface area contributed by atoms with E-state index in [1.54, 1.807) is 12.5 Å². The lowest BCUT2D eigenvalue weighted by atomic mass is 10.1. The molecule has 1 fully saturated rings. The Morgan fingerprint density at radius 1 is 1.05 bits per heavy atom. The first-order valence-electron chi connectivity index (χ1n) is 6.82. The van der Waals surface area contributed by atoms with Crippen molar-refractivity contribution in [1.82, 2.24) is 10.2 Å². The Kier molecular flexibility index (Phi) is 2.95. The molecule has 0 spiro atoms. The van der Waals surface area contributed by atoms with Crippen molar-refractivity contribution in [2.24, 2.45) is 0 Å². The molecule has 1 N–H and O–H groups in total. The lowest BCUT2D eigenvalue weighted by Gasteiger charge is -2.27. The van der Waals surface area contributed by atoms with Crippen molar-refractivity contribution in [3.05, 3.63) is 35.2 Å². The van der Waals surface area contributed by atoms with Crippen LogP contribution in [0.2, 0.25) is 5.02 Å². The standard InChI is InChI=1S/C15H15ClN2O2/c16-13-11-2-8-19-14(11)12(10-1-7-20-15(10)13)9-18-5-3-17-4-6-18/h1-2,7-8,17H,3-6,9H2. The second-order valence-electron chi connectivity index (χ2n) is 5.15. The first-order valence-corrected chi connectivity index (χ1v) is 7.20. The van der Waals surface area contributed by atoms with Gasteiger partial charge in [0.2, 0.25) is 0 Å². The van der Waals surface area contributed by atoms with Crippen molar-refractivity contribution in [2.45, 2.75) is 6.54 Å². The quantitative estimate of drug-likeness (QED) is 0.787. The summed E-state index contributed by atoms with van der Waals surface area (Å²) in [6, 6.07) is 3.88. The van der Waals surface area contributed by atoms with Gasteiger partial charge in [0.1, 0.15) is 5.58 Å². The summed E-state index contributed by atoms with van der Waals surface area (Å²) in [6.45, 7) is 5.01. The molecule has 0 aliphatic carbocycles. The first-order chi connectivity index (χ1) is 9.84. The van der Waals surface area contributed by atoms with Gasteiger partial charge in [-0.1, -0.05) is 11.6 Å². The number of furan rings is 2. The maximum absolute atomic E-state index is 6.39. The number of hydrogen-bond donors (Lipinski definition) is 1. The van der Waals surface area contributed by atoms with Crippen molar-refractivity contribution in [2.75, 3.05) is 26.2 Å². The molecule has 0 saturated carbocycles. The summed E-state index contributed by atoms with van der Waals surface area (Å²) in [5, 5.41) is 5.99. The van der Waals surface area contributed by atoms with Crippen LogP contribution in [0.25, 0.3) is 21.9 Å². The zero-order valence-corrected chi connectivity index (χ0v) is 11.7. The molecule has 1 aliphatic rings. The molecule has 0 amide bonds. The average Bonchev–Trinajstić information content (AvgIpc) is 3.14. The maximum Gasteiger partial charge on any atom is 0.153 e. The predicted molar refractivity (Wildman–Crippen MR) is 79.1 cm³/mol. The summed E-state index contributed by atoms with van der Waals surface area (Å²) in [4.78, 5) is 2.42. The van der Waals surface area contributed by atoms with E-state index >= 15 is 0 Å². The number of hydrogen-bond acceptors (Lipinski definition) is 4. The van der Waals surface area contributed by atoms with Gasteiger partial charge < -0.3 is 14.2 Å². The van der Waals surface area contributed by atoms with Gasteiger partial charge in [0.05, 0.1) is 17.5 Å². The minimum atomic E-state index is 0.637. The number of rotatable bonds is 2.